The van der Waals surface area contributed by atoms with E-state index < -0.39 is 10.3 Å². The molecule has 0 bridgehead atoms. The number of halogens is 2. The first-order chi connectivity index (χ1) is 6.38. The predicted molar refractivity (Wildman–Crippen MR) is 50.7 cm³/mol. The molecule has 1 rings (SSSR count). The third kappa shape index (κ3) is 5.82. The zero-order chi connectivity index (χ0) is 10.8. The van der Waals surface area contributed by atoms with Crippen molar-refractivity contribution >= 4 is 39.2 Å². The zero-order valence-electron chi connectivity index (χ0n) is 7.52. The minimum atomic E-state index is -4.75. The number of benzene rings is 1. The van der Waals surface area contributed by atoms with Crippen molar-refractivity contribution in [2.75, 3.05) is 0 Å². The molecule has 76 valence electrons. The molecule has 5 nitrogen and oxygen atoms in total. The van der Waals surface area contributed by atoms with Gasteiger partial charge in [-0.25, -0.2) is 8.42 Å². The van der Waals surface area contributed by atoms with Crippen LogP contribution in [0.1, 0.15) is 0 Å². The average molecular weight is 277 g/mol. The molecular weight excluding hydrogens is 274 g/mol. The van der Waals surface area contributed by atoms with Crippen molar-refractivity contribution in [1.82, 2.24) is 0 Å². The smallest absolute Gasteiger partial charge is 0.728 e. The first-order valence-electron chi connectivity index (χ1n) is 3.22. The molecule has 0 unspecified atom stereocenters. The van der Waals surface area contributed by atoms with Gasteiger partial charge >= 0.3 is 29.6 Å². The molecule has 9 heteroatoms. The standard InChI is InChI=1S/C6H4Cl2N2O3S.Na/c7-4-1-2-5(8)6(3-4)9-10-14(11,12)13;/h1-3H,(H,11,12,13);/q;+1/p-1. The first-order valence-corrected chi connectivity index (χ1v) is 5.34. The summed E-state index contributed by atoms with van der Waals surface area (Å²) in [5.74, 6) is 0. The largest absolute Gasteiger partial charge is 1.00 e. The Morgan fingerprint density at radius 2 is 1.87 bits per heavy atom. The quantitative estimate of drug-likeness (QED) is 0.416. The second kappa shape index (κ2) is 6.15. The molecule has 0 aliphatic carbocycles. The van der Waals surface area contributed by atoms with E-state index in [1.807, 2.05) is 0 Å². The summed E-state index contributed by atoms with van der Waals surface area (Å²) in [6.45, 7) is 0. The molecule has 1 aromatic carbocycles. The van der Waals surface area contributed by atoms with Gasteiger partial charge in [-0.15, -0.1) is 5.11 Å². The Morgan fingerprint density at radius 1 is 1.27 bits per heavy atom. The number of nitrogens with zero attached hydrogens (tertiary/aromatic N) is 2. The molecule has 0 fully saturated rings. The maximum atomic E-state index is 10.1. The maximum Gasteiger partial charge on any atom is 1.00 e. The Kier molecular flexibility index (Phi) is 6.27. The van der Waals surface area contributed by atoms with Crippen molar-refractivity contribution in [3.8, 4) is 0 Å². The maximum absolute atomic E-state index is 10.1. The molecule has 1 aromatic rings. The minimum Gasteiger partial charge on any atom is -0.728 e. The molecule has 0 aliphatic rings. The van der Waals surface area contributed by atoms with Crippen molar-refractivity contribution in [3.05, 3.63) is 28.2 Å². The van der Waals surface area contributed by atoms with Crippen molar-refractivity contribution < 1.29 is 42.5 Å². The van der Waals surface area contributed by atoms with Crippen LogP contribution in [-0.2, 0) is 10.3 Å². The van der Waals surface area contributed by atoms with E-state index in [2.05, 4.69) is 9.63 Å². The summed E-state index contributed by atoms with van der Waals surface area (Å²) in [6.07, 6.45) is 0. The summed E-state index contributed by atoms with van der Waals surface area (Å²) in [6, 6.07) is 4.20. The number of hydrogen-bond donors (Lipinski definition) is 0. The second-order valence-corrected chi connectivity index (χ2v) is 4.07. The Labute approximate surface area is 119 Å². The van der Waals surface area contributed by atoms with Crippen LogP contribution in [0, 0.1) is 0 Å². The Bertz CT molecular complexity index is 477. The molecule has 0 atom stereocenters. The molecule has 0 aromatic heterocycles. The third-order valence-electron chi connectivity index (χ3n) is 1.16. The molecule has 0 amide bonds. The van der Waals surface area contributed by atoms with Crippen molar-refractivity contribution in [3.63, 3.8) is 0 Å². The van der Waals surface area contributed by atoms with Gasteiger partial charge in [0.15, 0.2) is 0 Å². The van der Waals surface area contributed by atoms with E-state index in [4.69, 9.17) is 23.2 Å². The van der Waals surface area contributed by atoms with Crippen molar-refractivity contribution in [2.24, 2.45) is 9.63 Å². The zero-order valence-corrected chi connectivity index (χ0v) is 11.8. The van der Waals surface area contributed by atoms with Gasteiger partial charge in [0.1, 0.15) is 5.69 Å². The van der Waals surface area contributed by atoms with Gasteiger partial charge in [-0.05, 0) is 18.2 Å². The van der Waals surface area contributed by atoms with Crippen LogP contribution >= 0.6 is 23.2 Å². The Hall–Kier alpha value is 0.310. The summed E-state index contributed by atoms with van der Waals surface area (Å²) in [5.41, 5.74) is 0.0265. The monoisotopic (exact) mass is 276 g/mol. The molecule has 0 N–H and O–H groups in total. The number of hydrogen-bond acceptors (Lipinski definition) is 4. The van der Waals surface area contributed by atoms with Crippen LogP contribution in [0.5, 0.6) is 0 Å². The van der Waals surface area contributed by atoms with Gasteiger partial charge < -0.3 is 4.55 Å². The van der Waals surface area contributed by atoms with Crippen LogP contribution in [-0.4, -0.2) is 13.0 Å². The Morgan fingerprint density at radius 3 is 2.40 bits per heavy atom. The van der Waals surface area contributed by atoms with E-state index in [0.29, 0.717) is 5.02 Å². The summed E-state index contributed by atoms with van der Waals surface area (Å²) >= 11 is 11.2. The van der Waals surface area contributed by atoms with Gasteiger partial charge in [-0.3, -0.25) is 0 Å². The third-order valence-corrected chi connectivity index (χ3v) is 1.99. The molecule has 0 heterocycles. The van der Waals surface area contributed by atoms with E-state index in [1.54, 1.807) is 0 Å². The van der Waals surface area contributed by atoms with Gasteiger partial charge in [0, 0.05) is 5.02 Å². The van der Waals surface area contributed by atoms with Crippen LogP contribution in [0.25, 0.3) is 0 Å². The molecule has 0 saturated heterocycles. The van der Waals surface area contributed by atoms with E-state index in [9.17, 15) is 13.0 Å². The van der Waals surface area contributed by atoms with Gasteiger partial charge in [-0.1, -0.05) is 27.7 Å². The van der Waals surface area contributed by atoms with Gasteiger partial charge in [-0.2, -0.15) is 0 Å². The SMILES string of the molecule is O=S(=O)([O-])N=Nc1cc(Cl)ccc1Cl.[Na+]. The van der Waals surface area contributed by atoms with Gasteiger partial charge in [0.05, 0.1) is 5.02 Å². The fraction of sp³-hybridized carbons (Fsp3) is 0. The predicted octanol–water partition coefficient (Wildman–Crippen LogP) is -0.459. The molecule has 0 aliphatic heterocycles. The van der Waals surface area contributed by atoms with E-state index >= 15 is 0 Å². The van der Waals surface area contributed by atoms with E-state index in [0.717, 1.165) is 0 Å². The number of rotatable bonds is 2. The van der Waals surface area contributed by atoms with Gasteiger partial charge in [0.2, 0.25) is 10.3 Å². The van der Waals surface area contributed by atoms with Crippen molar-refractivity contribution in [2.45, 2.75) is 0 Å². The second-order valence-electron chi connectivity index (χ2n) is 2.21. The van der Waals surface area contributed by atoms with Gasteiger partial charge in [0.25, 0.3) is 0 Å². The van der Waals surface area contributed by atoms with Crippen LogP contribution in [0.15, 0.2) is 27.8 Å². The van der Waals surface area contributed by atoms with Crippen LogP contribution in [0.2, 0.25) is 10.0 Å². The Balaban J connectivity index is 0.00000196. The first kappa shape index (κ1) is 15.3. The summed E-state index contributed by atoms with van der Waals surface area (Å²) < 4.78 is 32.9. The minimum absolute atomic E-state index is 0. The molecule has 0 saturated carbocycles. The molecule has 0 radical (unpaired) electrons. The molecule has 0 spiro atoms. The van der Waals surface area contributed by atoms with Crippen LogP contribution in [0.4, 0.5) is 5.69 Å². The van der Waals surface area contributed by atoms with Crippen LogP contribution in [0.3, 0.4) is 0 Å². The van der Waals surface area contributed by atoms with Crippen molar-refractivity contribution in [1.29, 1.82) is 0 Å². The van der Waals surface area contributed by atoms with Crippen LogP contribution < -0.4 is 29.6 Å². The summed E-state index contributed by atoms with van der Waals surface area (Å²) in [7, 11) is -4.75. The van der Waals surface area contributed by atoms with E-state index in [1.165, 1.54) is 18.2 Å². The molecule has 15 heavy (non-hydrogen) atoms. The summed E-state index contributed by atoms with van der Waals surface area (Å²) in [4.78, 5) is 0. The fourth-order valence-electron chi connectivity index (χ4n) is 0.656. The van der Waals surface area contributed by atoms with E-state index in [-0.39, 0.29) is 40.3 Å². The topological polar surface area (TPSA) is 81.9 Å². The average Bonchev–Trinajstić information content (AvgIpc) is 2.05. The fourth-order valence-corrected chi connectivity index (χ4v) is 1.17. The summed E-state index contributed by atoms with van der Waals surface area (Å²) in [5, 5.41) is 3.61. The normalized spacial score (nSPS) is 11.4. The molecular formula is C6H3Cl2N2NaO3S.